The zero-order chi connectivity index (χ0) is 25.6. The summed E-state index contributed by atoms with van der Waals surface area (Å²) in [6, 6.07) is 3.93. The van der Waals surface area contributed by atoms with Crippen molar-refractivity contribution in [1.82, 2.24) is 15.0 Å². The van der Waals surface area contributed by atoms with Gasteiger partial charge in [-0.05, 0) is 32.0 Å². The summed E-state index contributed by atoms with van der Waals surface area (Å²) in [5.74, 6) is 3.65. The number of halogens is 3. The quantitative estimate of drug-likeness (QED) is 0.379. The molecule has 36 heavy (non-hydrogen) atoms. The number of nitrogens with one attached hydrogen (secondary N) is 2. The van der Waals surface area contributed by atoms with Crippen LogP contribution in [0, 0.1) is 23.5 Å². The Kier molecular flexibility index (Phi) is 6.48. The molecule has 5 rings (SSSR count). The number of hydrogen-bond donors (Lipinski definition) is 4. The van der Waals surface area contributed by atoms with E-state index in [1.807, 2.05) is 0 Å². The molecular weight excluding hydrogens is 498 g/mol. The summed E-state index contributed by atoms with van der Waals surface area (Å²) in [5, 5.41) is 22.6. The van der Waals surface area contributed by atoms with E-state index in [4.69, 9.17) is 25.8 Å². The van der Waals surface area contributed by atoms with Crippen molar-refractivity contribution in [2.45, 2.75) is 50.4 Å². The molecule has 0 spiro atoms. The van der Waals surface area contributed by atoms with Crippen molar-refractivity contribution < 1.29 is 33.2 Å². The highest BCUT2D eigenvalue weighted by Gasteiger charge is 2.48. The third-order valence-electron chi connectivity index (χ3n) is 5.74. The van der Waals surface area contributed by atoms with Crippen molar-refractivity contribution in [3.8, 4) is 17.9 Å². The third-order valence-corrected chi connectivity index (χ3v) is 6.02. The number of nitrogens with zero attached hydrogens (tertiary/aromatic N) is 2. The zero-order valence-electron chi connectivity index (χ0n) is 19.3. The average molecular weight is 521 g/mol. The minimum atomic E-state index is -1.29. The van der Waals surface area contributed by atoms with E-state index >= 15 is 0 Å². The van der Waals surface area contributed by atoms with Crippen LogP contribution in [0.4, 0.5) is 14.6 Å². The van der Waals surface area contributed by atoms with Crippen molar-refractivity contribution in [3.63, 3.8) is 0 Å². The molecule has 2 aliphatic heterocycles. The van der Waals surface area contributed by atoms with Gasteiger partial charge in [0, 0.05) is 17.7 Å². The predicted molar refractivity (Wildman–Crippen MR) is 126 cm³/mol. The van der Waals surface area contributed by atoms with Crippen LogP contribution in [0.5, 0.6) is 6.01 Å². The summed E-state index contributed by atoms with van der Waals surface area (Å²) in [7, 11) is 0. The third kappa shape index (κ3) is 5.09. The fraction of sp³-hybridized carbons (Fsp3) is 0.417. The predicted octanol–water partition coefficient (Wildman–Crippen LogP) is 2.53. The summed E-state index contributed by atoms with van der Waals surface area (Å²) in [4.78, 5) is 11.6. The van der Waals surface area contributed by atoms with Gasteiger partial charge in [0.25, 0.3) is 6.01 Å². The van der Waals surface area contributed by atoms with Gasteiger partial charge in [-0.25, -0.2) is 13.8 Å². The van der Waals surface area contributed by atoms with Crippen LogP contribution >= 0.6 is 11.6 Å². The maximum atomic E-state index is 14.6. The summed E-state index contributed by atoms with van der Waals surface area (Å²) in [6.07, 6.45) is -1.99. The highest BCUT2D eigenvalue weighted by Crippen LogP contribution is 2.31. The number of aliphatic hydroxyl groups is 2. The fourth-order valence-electron chi connectivity index (χ4n) is 4.01. The van der Waals surface area contributed by atoms with Crippen LogP contribution in [-0.4, -0.2) is 68.4 Å². The Morgan fingerprint density at radius 3 is 2.64 bits per heavy atom. The van der Waals surface area contributed by atoms with E-state index < -0.39 is 41.7 Å². The van der Waals surface area contributed by atoms with E-state index in [0.29, 0.717) is 5.52 Å². The van der Waals surface area contributed by atoms with E-state index in [1.165, 1.54) is 13.8 Å². The van der Waals surface area contributed by atoms with E-state index in [2.05, 4.69) is 32.1 Å². The number of H-pyrrole nitrogens is 1. The van der Waals surface area contributed by atoms with Gasteiger partial charge in [0.1, 0.15) is 41.4 Å². The lowest BCUT2D eigenvalue weighted by atomic mass is 10.1. The number of anilines is 1. The Morgan fingerprint density at radius 1 is 1.19 bits per heavy atom. The van der Waals surface area contributed by atoms with Gasteiger partial charge in [-0.1, -0.05) is 23.4 Å². The van der Waals surface area contributed by atoms with Crippen LogP contribution in [0.2, 0.25) is 5.02 Å². The van der Waals surface area contributed by atoms with Gasteiger partial charge >= 0.3 is 0 Å². The SMILES string of the molecule is CC(C)(O)C#Cc1cc(F)c(CNc2nc3nc(O[C@@H]4CO[C@H]5[C@@H]4OC[C@H]5O)[nH]c3cc2Cl)c(F)c1. The molecule has 0 bridgehead atoms. The molecule has 2 aromatic heterocycles. The van der Waals surface area contributed by atoms with Gasteiger partial charge in [-0.15, -0.1) is 0 Å². The van der Waals surface area contributed by atoms with E-state index in [1.54, 1.807) is 6.07 Å². The van der Waals surface area contributed by atoms with Crippen LogP contribution in [0.1, 0.15) is 25.0 Å². The number of pyridine rings is 1. The van der Waals surface area contributed by atoms with E-state index in [-0.39, 0.29) is 53.4 Å². The Balaban J connectivity index is 1.30. The average Bonchev–Trinajstić information content (AvgIpc) is 3.48. The smallest absolute Gasteiger partial charge is 0.296 e. The summed E-state index contributed by atoms with van der Waals surface area (Å²) >= 11 is 6.32. The number of aromatic nitrogens is 3. The number of aromatic amines is 1. The molecule has 4 atom stereocenters. The molecule has 0 amide bonds. The minimum absolute atomic E-state index is 0.106. The van der Waals surface area contributed by atoms with E-state index in [9.17, 15) is 19.0 Å². The molecule has 0 radical (unpaired) electrons. The van der Waals surface area contributed by atoms with Crippen LogP contribution in [0.25, 0.3) is 11.2 Å². The van der Waals surface area contributed by atoms with Crippen LogP contribution < -0.4 is 10.1 Å². The van der Waals surface area contributed by atoms with Crippen molar-refractivity contribution in [2.75, 3.05) is 18.5 Å². The van der Waals surface area contributed by atoms with Crippen molar-refractivity contribution in [2.24, 2.45) is 0 Å². The molecule has 4 N–H and O–H groups in total. The molecule has 2 fully saturated rings. The Labute approximate surface area is 209 Å². The number of benzene rings is 1. The number of imidazole rings is 1. The molecule has 3 aromatic rings. The molecule has 9 nitrogen and oxygen atoms in total. The van der Waals surface area contributed by atoms with Gasteiger partial charge in [0.2, 0.25) is 0 Å². The number of aliphatic hydroxyl groups excluding tert-OH is 1. The summed E-state index contributed by atoms with van der Waals surface area (Å²) in [5.41, 5.74) is -0.629. The largest absolute Gasteiger partial charge is 0.456 e. The Hall–Kier alpha value is -3.01. The molecule has 4 heterocycles. The highest BCUT2D eigenvalue weighted by molar-refractivity contribution is 6.33. The topological polar surface area (TPSA) is 122 Å². The molecule has 2 aliphatic rings. The van der Waals surface area contributed by atoms with Crippen LogP contribution in [0.3, 0.4) is 0 Å². The first kappa shape index (κ1) is 24.7. The molecule has 1 aromatic carbocycles. The normalized spacial score (nSPS) is 23.4. The van der Waals surface area contributed by atoms with Gasteiger partial charge in [0.15, 0.2) is 11.8 Å². The van der Waals surface area contributed by atoms with Gasteiger partial charge in [-0.3, -0.25) is 0 Å². The van der Waals surface area contributed by atoms with E-state index in [0.717, 1.165) is 12.1 Å². The first-order valence-corrected chi connectivity index (χ1v) is 11.6. The standard InChI is InChI=1S/C24H23ClF2N4O5/c1-24(2,33)4-3-11-5-14(26)12(15(27)6-11)8-28-21-13(25)7-16-22(30-21)31-23(29-16)36-18-10-35-19-17(32)9-34-20(18)19/h5-7,17-20,32-33H,8-10H2,1-2H3,(H2,28,29,30,31)/t17-,18-,19-,20-/m1/s1. The Bertz CT molecular complexity index is 1340. The molecular formula is C24H23ClF2N4O5. The number of rotatable bonds is 5. The second kappa shape index (κ2) is 9.46. The highest BCUT2D eigenvalue weighted by atomic mass is 35.5. The Morgan fingerprint density at radius 2 is 1.92 bits per heavy atom. The maximum Gasteiger partial charge on any atom is 0.296 e. The van der Waals surface area contributed by atoms with Crippen molar-refractivity contribution in [3.05, 3.63) is 46.0 Å². The van der Waals surface area contributed by atoms with Gasteiger partial charge in [-0.2, -0.15) is 4.98 Å². The first-order valence-electron chi connectivity index (χ1n) is 11.2. The minimum Gasteiger partial charge on any atom is -0.456 e. The number of ether oxygens (including phenoxy) is 3. The number of fused-ring (bicyclic) bond motifs is 2. The summed E-state index contributed by atoms with van der Waals surface area (Å²) in [6.45, 7) is 3.13. The van der Waals surface area contributed by atoms with Crippen molar-refractivity contribution >= 4 is 28.6 Å². The number of hydrogen-bond acceptors (Lipinski definition) is 8. The lowest BCUT2D eigenvalue weighted by Crippen LogP contribution is -2.34. The molecule has 2 saturated heterocycles. The monoisotopic (exact) mass is 520 g/mol. The molecule has 12 heteroatoms. The zero-order valence-corrected chi connectivity index (χ0v) is 20.1. The molecule has 0 unspecified atom stereocenters. The maximum absolute atomic E-state index is 14.6. The fourth-order valence-corrected chi connectivity index (χ4v) is 4.22. The van der Waals surface area contributed by atoms with Crippen molar-refractivity contribution in [1.29, 1.82) is 0 Å². The van der Waals surface area contributed by atoms with Crippen LogP contribution in [0.15, 0.2) is 18.2 Å². The van der Waals surface area contributed by atoms with Crippen LogP contribution in [-0.2, 0) is 16.0 Å². The second-order valence-corrected chi connectivity index (χ2v) is 9.54. The summed E-state index contributed by atoms with van der Waals surface area (Å²) < 4.78 is 46.1. The van der Waals surface area contributed by atoms with Gasteiger partial charge in [0.05, 0.1) is 23.8 Å². The molecule has 0 aliphatic carbocycles. The second-order valence-electron chi connectivity index (χ2n) is 9.13. The first-order chi connectivity index (χ1) is 17.1. The lowest BCUT2D eigenvalue weighted by molar-refractivity contribution is 0.00706. The molecule has 0 saturated carbocycles. The van der Waals surface area contributed by atoms with Gasteiger partial charge < -0.3 is 34.7 Å². The lowest BCUT2D eigenvalue weighted by Gasteiger charge is -2.15. The molecule has 190 valence electrons.